The van der Waals surface area contributed by atoms with Crippen LogP contribution < -0.4 is 5.32 Å². The number of rotatable bonds is 7. The van der Waals surface area contributed by atoms with Crippen molar-refractivity contribution in [2.24, 2.45) is 0 Å². The van der Waals surface area contributed by atoms with Gasteiger partial charge < -0.3 is 14.8 Å². The Hall–Kier alpha value is -3.22. The highest BCUT2D eigenvalue weighted by molar-refractivity contribution is 5.74. The predicted molar refractivity (Wildman–Crippen MR) is 110 cm³/mol. The largest absolute Gasteiger partial charge is 0.416 e. The fourth-order valence-corrected chi connectivity index (χ4v) is 3.25. The molecule has 0 spiro atoms. The molecule has 2 aromatic carbocycles. The molecule has 0 aliphatic rings. The number of amides is 2. The lowest BCUT2D eigenvalue weighted by Gasteiger charge is -2.24. The molecule has 0 radical (unpaired) electrons. The van der Waals surface area contributed by atoms with Gasteiger partial charge in [-0.05, 0) is 42.3 Å². The number of benzene rings is 2. The summed E-state index contributed by atoms with van der Waals surface area (Å²) in [6.07, 6.45) is -2.56. The van der Waals surface area contributed by atoms with E-state index < -0.39 is 11.7 Å². The Labute approximate surface area is 173 Å². The molecule has 0 bridgehead atoms. The third-order valence-electron chi connectivity index (χ3n) is 4.72. The molecule has 1 N–H and O–H groups in total. The molecule has 0 aliphatic heterocycles. The first-order chi connectivity index (χ1) is 14.4. The summed E-state index contributed by atoms with van der Waals surface area (Å²) in [5, 5.41) is 2.82. The fraction of sp³-hybridized carbons (Fsp3) is 0.261. The van der Waals surface area contributed by atoms with Crippen LogP contribution in [-0.2, 0) is 25.8 Å². The summed E-state index contributed by atoms with van der Waals surface area (Å²) in [6, 6.07) is 18.5. The molecule has 0 saturated heterocycles. The molecule has 30 heavy (non-hydrogen) atoms. The normalized spacial score (nSPS) is 11.3. The zero-order valence-corrected chi connectivity index (χ0v) is 16.7. The van der Waals surface area contributed by atoms with Crippen molar-refractivity contribution in [3.63, 3.8) is 0 Å². The van der Waals surface area contributed by atoms with Gasteiger partial charge >= 0.3 is 12.2 Å². The Morgan fingerprint density at radius 3 is 2.40 bits per heavy atom. The third kappa shape index (κ3) is 5.65. The Bertz CT molecular complexity index is 967. The van der Waals surface area contributed by atoms with Crippen molar-refractivity contribution in [3.05, 3.63) is 95.3 Å². The summed E-state index contributed by atoms with van der Waals surface area (Å²) < 4.78 is 40.9. The van der Waals surface area contributed by atoms with Crippen molar-refractivity contribution < 1.29 is 18.0 Å². The van der Waals surface area contributed by atoms with Crippen LogP contribution in [0.15, 0.2) is 72.9 Å². The van der Waals surface area contributed by atoms with Gasteiger partial charge in [0.15, 0.2) is 0 Å². The number of alkyl halides is 3. The van der Waals surface area contributed by atoms with Crippen molar-refractivity contribution in [2.45, 2.75) is 32.7 Å². The van der Waals surface area contributed by atoms with E-state index in [1.807, 2.05) is 60.2 Å². The van der Waals surface area contributed by atoms with Crippen LogP contribution in [0.4, 0.5) is 18.0 Å². The van der Waals surface area contributed by atoms with E-state index in [0.29, 0.717) is 31.7 Å². The quantitative estimate of drug-likeness (QED) is 0.560. The molecule has 158 valence electrons. The van der Waals surface area contributed by atoms with Crippen LogP contribution in [0.2, 0.25) is 0 Å². The second-order valence-electron chi connectivity index (χ2n) is 7.00. The highest BCUT2D eigenvalue weighted by atomic mass is 19.4. The van der Waals surface area contributed by atoms with E-state index in [1.165, 1.54) is 6.07 Å². The lowest BCUT2D eigenvalue weighted by Crippen LogP contribution is -2.39. The molecule has 2 amide bonds. The first-order valence-electron chi connectivity index (χ1n) is 9.73. The lowest BCUT2D eigenvalue weighted by molar-refractivity contribution is -0.137. The van der Waals surface area contributed by atoms with Crippen LogP contribution >= 0.6 is 0 Å². The Morgan fingerprint density at radius 1 is 0.967 bits per heavy atom. The minimum absolute atomic E-state index is 0.187. The molecule has 7 heteroatoms. The fourth-order valence-electron chi connectivity index (χ4n) is 3.25. The zero-order valence-electron chi connectivity index (χ0n) is 16.7. The smallest absolute Gasteiger partial charge is 0.345 e. The van der Waals surface area contributed by atoms with Gasteiger partial charge in [-0.3, -0.25) is 0 Å². The van der Waals surface area contributed by atoms with E-state index in [-0.39, 0.29) is 6.03 Å². The summed E-state index contributed by atoms with van der Waals surface area (Å²) in [6.45, 7) is 3.43. The number of nitrogens with zero attached hydrogens (tertiary/aromatic N) is 2. The maximum absolute atomic E-state index is 13.0. The number of hydrogen-bond donors (Lipinski definition) is 1. The van der Waals surface area contributed by atoms with Crippen LogP contribution in [-0.4, -0.2) is 22.0 Å². The Balaban J connectivity index is 1.79. The zero-order chi connectivity index (χ0) is 21.6. The highest BCUT2D eigenvalue weighted by Crippen LogP contribution is 2.29. The number of hydrogen-bond acceptors (Lipinski definition) is 1. The molecule has 0 saturated carbocycles. The standard InChI is InChI=1S/C23H24F3N3O/c1-2-27-22(30)29(15-18-8-4-3-5-9-18)17-21-12-7-13-28(21)16-19-10-6-11-20(14-19)23(24,25)26/h3-14H,2,15-17H2,1H3,(H,27,30). The summed E-state index contributed by atoms with van der Waals surface area (Å²) in [5.41, 5.74) is 1.73. The number of halogens is 3. The second-order valence-corrected chi connectivity index (χ2v) is 7.00. The Kier molecular flexibility index (Phi) is 6.82. The van der Waals surface area contributed by atoms with E-state index in [4.69, 9.17) is 0 Å². The van der Waals surface area contributed by atoms with Crippen molar-refractivity contribution >= 4 is 6.03 Å². The van der Waals surface area contributed by atoms with Crippen molar-refractivity contribution in [3.8, 4) is 0 Å². The van der Waals surface area contributed by atoms with Crippen LogP contribution in [0, 0.1) is 0 Å². The third-order valence-corrected chi connectivity index (χ3v) is 4.72. The van der Waals surface area contributed by atoms with Gasteiger partial charge in [0.2, 0.25) is 0 Å². The average molecular weight is 415 g/mol. The first kappa shape index (κ1) is 21.5. The van der Waals surface area contributed by atoms with Crippen molar-refractivity contribution in [1.82, 2.24) is 14.8 Å². The van der Waals surface area contributed by atoms with Crippen LogP contribution in [0.1, 0.15) is 29.3 Å². The maximum Gasteiger partial charge on any atom is 0.416 e. The number of aromatic nitrogens is 1. The molecule has 0 atom stereocenters. The van der Waals surface area contributed by atoms with Gasteiger partial charge in [-0.25, -0.2) is 4.79 Å². The average Bonchev–Trinajstić information content (AvgIpc) is 3.14. The van der Waals surface area contributed by atoms with E-state index in [2.05, 4.69) is 5.32 Å². The monoisotopic (exact) mass is 415 g/mol. The van der Waals surface area contributed by atoms with Gasteiger partial charge in [-0.15, -0.1) is 0 Å². The second kappa shape index (κ2) is 9.52. The van der Waals surface area contributed by atoms with Crippen molar-refractivity contribution in [1.29, 1.82) is 0 Å². The summed E-state index contributed by atoms with van der Waals surface area (Å²) >= 11 is 0. The maximum atomic E-state index is 13.0. The molecule has 0 fully saturated rings. The van der Waals surface area contributed by atoms with Crippen LogP contribution in [0.5, 0.6) is 0 Å². The van der Waals surface area contributed by atoms with Gasteiger partial charge in [-0.2, -0.15) is 13.2 Å². The topological polar surface area (TPSA) is 37.3 Å². The number of nitrogens with one attached hydrogen (secondary N) is 1. The Morgan fingerprint density at radius 2 is 1.70 bits per heavy atom. The van der Waals surface area contributed by atoms with Gasteiger partial charge in [-0.1, -0.05) is 42.5 Å². The summed E-state index contributed by atoms with van der Waals surface area (Å²) in [5.74, 6) is 0. The summed E-state index contributed by atoms with van der Waals surface area (Å²) in [4.78, 5) is 14.3. The first-order valence-corrected chi connectivity index (χ1v) is 9.73. The molecule has 3 rings (SSSR count). The number of carbonyl (C=O) groups is 1. The predicted octanol–water partition coefficient (Wildman–Crippen LogP) is 5.29. The van der Waals surface area contributed by atoms with E-state index in [9.17, 15) is 18.0 Å². The number of urea groups is 1. The van der Waals surface area contributed by atoms with Gasteiger partial charge in [0.05, 0.1) is 12.1 Å². The molecule has 1 heterocycles. The van der Waals surface area contributed by atoms with Crippen molar-refractivity contribution in [2.75, 3.05) is 6.54 Å². The summed E-state index contributed by atoms with van der Waals surface area (Å²) in [7, 11) is 0. The van der Waals surface area contributed by atoms with E-state index in [0.717, 1.165) is 23.4 Å². The molecule has 1 aromatic heterocycles. The number of carbonyl (C=O) groups excluding carboxylic acids is 1. The van der Waals surface area contributed by atoms with E-state index >= 15 is 0 Å². The highest BCUT2D eigenvalue weighted by Gasteiger charge is 2.30. The van der Waals surface area contributed by atoms with Crippen LogP contribution in [0.3, 0.4) is 0 Å². The molecule has 0 unspecified atom stereocenters. The lowest BCUT2D eigenvalue weighted by atomic mass is 10.1. The van der Waals surface area contributed by atoms with E-state index in [1.54, 1.807) is 11.0 Å². The molecular weight excluding hydrogens is 391 g/mol. The molecule has 4 nitrogen and oxygen atoms in total. The van der Waals surface area contributed by atoms with Gasteiger partial charge in [0, 0.05) is 31.5 Å². The minimum Gasteiger partial charge on any atom is -0.345 e. The molecule has 0 aliphatic carbocycles. The van der Waals surface area contributed by atoms with Crippen LogP contribution in [0.25, 0.3) is 0 Å². The molecular formula is C23H24F3N3O. The van der Waals surface area contributed by atoms with Gasteiger partial charge in [0.1, 0.15) is 0 Å². The SMILES string of the molecule is CCNC(=O)N(Cc1ccccc1)Cc1cccn1Cc1cccc(C(F)(F)F)c1. The minimum atomic E-state index is -4.37. The molecule has 3 aromatic rings. The van der Waals surface area contributed by atoms with Gasteiger partial charge in [0.25, 0.3) is 0 Å².